The van der Waals surface area contributed by atoms with Crippen LogP contribution >= 0.6 is 11.6 Å². The Labute approximate surface area is 121 Å². The van der Waals surface area contributed by atoms with Gasteiger partial charge < -0.3 is 10.0 Å². The number of pyridine rings is 1. The summed E-state index contributed by atoms with van der Waals surface area (Å²) < 4.78 is 0. The Balaban J connectivity index is 3.03. The van der Waals surface area contributed by atoms with E-state index in [0.717, 1.165) is 25.1 Å². The molecule has 8 heteroatoms. The molecular weight excluding hydrogens is 286 g/mol. The molecule has 1 aromatic heterocycles. The van der Waals surface area contributed by atoms with Gasteiger partial charge in [0.1, 0.15) is 11.3 Å². The smallest absolute Gasteiger partial charge is 0.288 e. The van der Waals surface area contributed by atoms with Crippen LogP contribution in [0.1, 0.15) is 30.1 Å². The van der Waals surface area contributed by atoms with E-state index >= 15 is 0 Å². The van der Waals surface area contributed by atoms with E-state index in [2.05, 4.69) is 4.98 Å². The van der Waals surface area contributed by atoms with Crippen molar-refractivity contribution in [3.05, 3.63) is 33.1 Å². The van der Waals surface area contributed by atoms with Gasteiger partial charge in [-0.25, -0.2) is 4.98 Å². The number of carbonyl (C=O) groups excluding carboxylic acids is 1. The zero-order valence-electron chi connectivity index (χ0n) is 11.1. The Morgan fingerprint density at radius 3 is 2.80 bits per heavy atom. The summed E-state index contributed by atoms with van der Waals surface area (Å²) in [5.41, 5.74) is -0.317. The van der Waals surface area contributed by atoms with Crippen molar-refractivity contribution in [2.75, 3.05) is 19.7 Å². The number of aliphatic hydroxyl groups excluding tert-OH is 1. The summed E-state index contributed by atoms with van der Waals surface area (Å²) in [6, 6.07) is 1.11. The average molecular weight is 302 g/mol. The highest BCUT2D eigenvalue weighted by Crippen LogP contribution is 2.20. The first-order valence-electron chi connectivity index (χ1n) is 6.21. The molecule has 0 saturated carbocycles. The van der Waals surface area contributed by atoms with E-state index < -0.39 is 10.8 Å². The van der Waals surface area contributed by atoms with Crippen LogP contribution < -0.4 is 0 Å². The molecule has 1 rings (SSSR count). The lowest BCUT2D eigenvalue weighted by Crippen LogP contribution is -2.34. The molecule has 0 aliphatic rings. The number of unbranched alkanes of at least 4 members (excludes halogenated alkanes) is 1. The van der Waals surface area contributed by atoms with Gasteiger partial charge in [-0.05, 0) is 6.42 Å². The van der Waals surface area contributed by atoms with Crippen LogP contribution in [0.5, 0.6) is 0 Å². The first kappa shape index (κ1) is 16.3. The van der Waals surface area contributed by atoms with Gasteiger partial charge in [0, 0.05) is 19.2 Å². The number of hydrogen-bond donors (Lipinski definition) is 1. The summed E-state index contributed by atoms with van der Waals surface area (Å²) in [7, 11) is 0. The minimum atomic E-state index is -0.636. The normalized spacial score (nSPS) is 10.3. The Kier molecular flexibility index (Phi) is 6.33. The highest BCUT2D eigenvalue weighted by molar-refractivity contribution is 6.32. The first-order valence-corrected chi connectivity index (χ1v) is 6.59. The molecule has 1 aromatic rings. The Morgan fingerprint density at radius 2 is 2.25 bits per heavy atom. The van der Waals surface area contributed by atoms with Gasteiger partial charge in [0.2, 0.25) is 0 Å². The molecule has 0 saturated heterocycles. The monoisotopic (exact) mass is 301 g/mol. The largest absolute Gasteiger partial charge is 0.395 e. The lowest BCUT2D eigenvalue weighted by atomic mass is 10.2. The van der Waals surface area contributed by atoms with Crippen molar-refractivity contribution in [1.29, 1.82) is 0 Å². The van der Waals surface area contributed by atoms with Crippen molar-refractivity contribution >= 4 is 23.2 Å². The quantitative estimate of drug-likeness (QED) is 0.471. The average Bonchev–Trinajstić information content (AvgIpc) is 2.43. The van der Waals surface area contributed by atoms with Gasteiger partial charge in [0.25, 0.3) is 11.6 Å². The van der Waals surface area contributed by atoms with Crippen LogP contribution in [-0.2, 0) is 0 Å². The fourth-order valence-corrected chi connectivity index (χ4v) is 1.83. The topological polar surface area (TPSA) is 96.6 Å². The molecule has 0 atom stereocenters. The standard InChI is InChI=1S/C12H16ClN3O4/c1-2-3-4-15(5-6-17)12(18)10-7-9(16(19)20)8-14-11(10)13/h7-8,17H,2-6H2,1H3. The molecular formula is C12H16ClN3O4. The zero-order chi connectivity index (χ0) is 15.1. The number of nitro groups is 1. The van der Waals surface area contributed by atoms with Crippen LogP contribution in [0.2, 0.25) is 5.15 Å². The molecule has 20 heavy (non-hydrogen) atoms. The van der Waals surface area contributed by atoms with Crippen molar-refractivity contribution in [3.8, 4) is 0 Å². The molecule has 0 spiro atoms. The minimum Gasteiger partial charge on any atom is -0.395 e. The third kappa shape index (κ3) is 4.14. The molecule has 0 aliphatic carbocycles. The van der Waals surface area contributed by atoms with Crippen molar-refractivity contribution in [1.82, 2.24) is 9.88 Å². The summed E-state index contributed by atoms with van der Waals surface area (Å²) in [5, 5.41) is 19.6. The maximum absolute atomic E-state index is 12.3. The molecule has 0 radical (unpaired) electrons. The van der Waals surface area contributed by atoms with Gasteiger partial charge >= 0.3 is 0 Å². The SMILES string of the molecule is CCCCN(CCO)C(=O)c1cc([N+](=O)[O-])cnc1Cl. The van der Waals surface area contributed by atoms with E-state index in [9.17, 15) is 14.9 Å². The van der Waals surface area contributed by atoms with Crippen molar-refractivity contribution in [2.24, 2.45) is 0 Å². The van der Waals surface area contributed by atoms with Crippen LogP contribution in [0.4, 0.5) is 5.69 Å². The van der Waals surface area contributed by atoms with Crippen LogP contribution in [0, 0.1) is 10.1 Å². The summed E-state index contributed by atoms with van der Waals surface area (Å²) >= 11 is 5.83. The second-order valence-electron chi connectivity index (χ2n) is 4.16. The van der Waals surface area contributed by atoms with E-state index in [4.69, 9.17) is 16.7 Å². The van der Waals surface area contributed by atoms with Crippen LogP contribution in [0.15, 0.2) is 12.3 Å². The maximum atomic E-state index is 12.3. The van der Waals surface area contributed by atoms with Gasteiger partial charge in [0.15, 0.2) is 0 Å². The molecule has 1 amide bonds. The summed E-state index contributed by atoms with van der Waals surface area (Å²) in [5.74, 6) is -0.464. The van der Waals surface area contributed by atoms with Crippen molar-refractivity contribution in [3.63, 3.8) is 0 Å². The Hall–Kier alpha value is -1.73. The molecule has 7 nitrogen and oxygen atoms in total. The third-order valence-electron chi connectivity index (χ3n) is 2.70. The number of aliphatic hydroxyl groups is 1. The zero-order valence-corrected chi connectivity index (χ0v) is 11.8. The maximum Gasteiger partial charge on any atom is 0.288 e. The van der Waals surface area contributed by atoms with Crippen LogP contribution in [0.3, 0.4) is 0 Å². The number of carbonyl (C=O) groups is 1. The number of nitrogens with zero attached hydrogens (tertiary/aromatic N) is 3. The molecule has 0 aliphatic heterocycles. The van der Waals surface area contributed by atoms with E-state index in [1.165, 1.54) is 4.90 Å². The number of halogens is 1. The molecule has 1 N–H and O–H groups in total. The fourth-order valence-electron chi connectivity index (χ4n) is 1.64. The van der Waals surface area contributed by atoms with Gasteiger partial charge in [-0.1, -0.05) is 24.9 Å². The van der Waals surface area contributed by atoms with E-state index in [1.54, 1.807) is 0 Å². The Bertz CT molecular complexity index is 496. The van der Waals surface area contributed by atoms with E-state index in [0.29, 0.717) is 6.54 Å². The molecule has 0 fully saturated rings. The lowest BCUT2D eigenvalue weighted by molar-refractivity contribution is -0.385. The van der Waals surface area contributed by atoms with Crippen LogP contribution in [-0.4, -0.2) is 45.5 Å². The highest BCUT2D eigenvalue weighted by atomic mass is 35.5. The number of amides is 1. The van der Waals surface area contributed by atoms with Gasteiger partial charge in [-0.3, -0.25) is 14.9 Å². The summed E-state index contributed by atoms with van der Waals surface area (Å²) in [4.78, 5) is 27.5. The third-order valence-corrected chi connectivity index (χ3v) is 3.01. The molecule has 110 valence electrons. The second-order valence-corrected chi connectivity index (χ2v) is 4.52. The van der Waals surface area contributed by atoms with Crippen molar-refractivity contribution in [2.45, 2.75) is 19.8 Å². The predicted molar refractivity (Wildman–Crippen MR) is 73.8 cm³/mol. The fraction of sp³-hybridized carbons (Fsp3) is 0.500. The summed E-state index contributed by atoms with van der Waals surface area (Å²) in [6.45, 7) is 2.39. The number of rotatable bonds is 7. The molecule has 0 unspecified atom stereocenters. The van der Waals surface area contributed by atoms with Crippen LogP contribution in [0.25, 0.3) is 0 Å². The lowest BCUT2D eigenvalue weighted by Gasteiger charge is -2.21. The highest BCUT2D eigenvalue weighted by Gasteiger charge is 2.21. The Morgan fingerprint density at radius 1 is 1.55 bits per heavy atom. The van der Waals surface area contributed by atoms with Gasteiger partial charge in [-0.15, -0.1) is 0 Å². The second kappa shape index (κ2) is 7.76. The molecule has 0 bridgehead atoms. The molecule has 0 aromatic carbocycles. The minimum absolute atomic E-state index is 0.0228. The van der Waals surface area contributed by atoms with Gasteiger partial charge in [-0.2, -0.15) is 0 Å². The van der Waals surface area contributed by atoms with E-state index in [1.807, 2.05) is 6.92 Å². The predicted octanol–water partition coefficient (Wildman–Crippen LogP) is 1.88. The van der Waals surface area contributed by atoms with Gasteiger partial charge in [0.05, 0.1) is 17.1 Å². The van der Waals surface area contributed by atoms with E-state index in [-0.39, 0.29) is 29.6 Å². The first-order chi connectivity index (χ1) is 9.51. The number of aromatic nitrogens is 1. The summed E-state index contributed by atoms with van der Waals surface area (Å²) in [6.07, 6.45) is 2.66. The number of hydrogen-bond acceptors (Lipinski definition) is 5. The van der Waals surface area contributed by atoms with Crippen molar-refractivity contribution < 1.29 is 14.8 Å². The molecule has 1 heterocycles.